The summed E-state index contributed by atoms with van der Waals surface area (Å²) in [5.74, 6) is -2.56. The van der Waals surface area contributed by atoms with E-state index in [1.54, 1.807) is 19.2 Å². The Balaban J connectivity index is 1.69. The molecule has 30 heavy (non-hydrogen) atoms. The Morgan fingerprint density at radius 3 is 2.20 bits per heavy atom. The molecule has 9 heteroatoms. The zero-order valence-electron chi connectivity index (χ0n) is 15.8. The first kappa shape index (κ1) is 21.3. The van der Waals surface area contributed by atoms with Gasteiger partial charge in [0.25, 0.3) is 15.9 Å². The molecule has 0 aliphatic rings. The van der Waals surface area contributed by atoms with E-state index in [1.165, 1.54) is 41.3 Å². The number of anilines is 1. The van der Waals surface area contributed by atoms with Gasteiger partial charge >= 0.3 is 0 Å². The Hall–Kier alpha value is -3.46. The van der Waals surface area contributed by atoms with Crippen molar-refractivity contribution in [2.24, 2.45) is 0 Å². The predicted molar refractivity (Wildman–Crippen MR) is 108 cm³/mol. The average molecular weight is 432 g/mol. The summed E-state index contributed by atoms with van der Waals surface area (Å²) in [6.07, 6.45) is 0. The highest BCUT2D eigenvalue weighted by atomic mass is 32.2. The van der Waals surface area contributed by atoms with Crippen LogP contribution in [-0.2, 0) is 16.6 Å². The monoisotopic (exact) mass is 432 g/mol. The van der Waals surface area contributed by atoms with Crippen LogP contribution in [0.1, 0.15) is 15.9 Å². The van der Waals surface area contributed by atoms with Crippen molar-refractivity contribution in [3.8, 4) is 5.75 Å². The van der Waals surface area contributed by atoms with E-state index >= 15 is 0 Å². The second-order valence-electron chi connectivity index (χ2n) is 6.59. The van der Waals surface area contributed by atoms with E-state index in [9.17, 15) is 27.1 Å². The molecule has 1 amide bonds. The molecular formula is C21H18F2N2O4S. The maximum absolute atomic E-state index is 13.3. The van der Waals surface area contributed by atoms with E-state index in [4.69, 9.17) is 0 Å². The fourth-order valence-electron chi connectivity index (χ4n) is 2.71. The van der Waals surface area contributed by atoms with Gasteiger partial charge in [-0.05, 0) is 60.2 Å². The van der Waals surface area contributed by atoms with E-state index in [0.29, 0.717) is 18.2 Å². The molecule has 0 unspecified atom stereocenters. The summed E-state index contributed by atoms with van der Waals surface area (Å²) in [5.41, 5.74) is 1.34. The molecular weight excluding hydrogens is 414 g/mol. The number of phenols is 1. The molecule has 0 heterocycles. The van der Waals surface area contributed by atoms with Gasteiger partial charge in [-0.25, -0.2) is 17.2 Å². The van der Waals surface area contributed by atoms with Crippen molar-refractivity contribution in [2.75, 3.05) is 11.8 Å². The zero-order chi connectivity index (χ0) is 21.9. The lowest BCUT2D eigenvalue weighted by Gasteiger charge is -2.18. The maximum Gasteiger partial charge on any atom is 0.261 e. The van der Waals surface area contributed by atoms with Gasteiger partial charge in [0.05, 0.1) is 4.90 Å². The minimum absolute atomic E-state index is 0.133. The number of rotatable bonds is 6. The van der Waals surface area contributed by atoms with Gasteiger partial charge in [0.1, 0.15) is 5.75 Å². The molecule has 0 spiro atoms. The maximum atomic E-state index is 13.3. The first-order valence-corrected chi connectivity index (χ1v) is 10.3. The molecule has 3 rings (SSSR count). The number of benzene rings is 3. The van der Waals surface area contributed by atoms with Gasteiger partial charge in [-0.1, -0.05) is 12.1 Å². The molecule has 3 aromatic carbocycles. The van der Waals surface area contributed by atoms with Crippen molar-refractivity contribution in [2.45, 2.75) is 11.4 Å². The standard InChI is InChI=1S/C21H18F2N2O4S/c1-25(13-14-2-8-17(26)9-3-14)21(27)15-4-6-16(7-5-15)24-30(28,29)18-10-11-19(22)20(23)12-18/h2-12,24,26H,13H2,1H3. The zero-order valence-corrected chi connectivity index (χ0v) is 16.7. The Morgan fingerprint density at radius 2 is 1.60 bits per heavy atom. The molecule has 0 radical (unpaired) electrons. The molecule has 0 aliphatic heterocycles. The van der Waals surface area contributed by atoms with Crippen LogP contribution in [0.15, 0.2) is 71.6 Å². The fourth-order valence-corrected chi connectivity index (χ4v) is 3.78. The van der Waals surface area contributed by atoms with Gasteiger partial charge in [-0.15, -0.1) is 0 Å². The predicted octanol–water partition coefficient (Wildman–Crippen LogP) is 3.74. The van der Waals surface area contributed by atoms with Crippen LogP contribution in [0, 0.1) is 11.6 Å². The number of carbonyl (C=O) groups excluding carboxylic acids is 1. The van der Waals surface area contributed by atoms with Crippen molar-refractivity contribution >= 4 is 21.6 Å². The van der Waals surface area contributed by atoms with Gasteiger partial charge in [-0.2, -0.15) is 0 Å². The second kappa shape index (κ2) is 8.50. The number of sulfonamides is 1. The average Bonchev–Trinajstić information content (AvgIpc) is 2.71. The van der Waals surface area contributed by atoms with Crippen molar-refractivity contribution in [1.82, 2.24) is 4.90 Å². The minimum atomic E-state index is -4.12. The van der Waals surface area contributed by atoms with Crippen molar-refractivity contribution < 1.29 is 27.1 Å². The third-order valence-electron chi connectivity index (χ3n) is 4.29. The lowest BCUT2D eigenvalue weighted by molar-refractivity contribution is 0.0785. The Labute approximate surface area is 172 Å². The normalized spacial score (nSPS) is 11.2. The summed E-state index contributed by atoms with van der Waals surface area (Å²) in [6.45, 7) is 0.323. The number of halogens is 2. The van der Waals surface area contributed by atoms with Crippen molar-refractivity contribution in [3.63, 3.8) is 0 Å². The highest BCUT2D eigenvalue weighted by molar-refractivity contribution is 7.92. The third kappa shape index (κ3) is 4.93. The Kier molecular flexibility index (Phi) is 6.02. The quantitative estimate of drug-likeness (QED) is 0.621. The Bertz CT molecular complexity index is 1160. The number of nitrogens with zero attached hydrogens (tertiary/aromatic N) is 1. The van der Waals surface area contributed by atoms with E-state index in [-0.39, 0.29) is 17.3 Å². The molecule has 0 bridgehead atoms. The topological polar surface area (TPSA) is 86.7 Å². The van der Waals surface area contributed by atoms with Crippen LogP contribution in [0.5, 0.6) is 5.75 Å². The molecule has 156 valence electrons. The van der Waals surface area contributed by atoms with Crippen LogP contribution in [0.2, 0.25) is 0 Å². The van der Waals surface area contributed by atoms with Crippen molar-refractivity contribution in [1.29, 1.82) is 0 Å². The van der Waals surface area contributed by atoms with Crippen LogP contribution in [0.4, 0.5) is 14.5 Å². The molecule has 3 aromatic rings. The SMILES string of the molecule is CN(Cc1ccc(O)cc1)C(=O)c1ccc(NS(=O)(=O)c2ccc(F)c(F)c2)cc1. The van der Waals surface area contributed by atoms with Crippen molar-refractivity contribution in [3.05, 3.63) is 89.5 Å². The number of carbonyl (C=O) groups is 1. The molecule has 0 atom stereocenters. The molecule has 0 saturated heterocycles. The summed E-state index contributed by atoms with van der Waals surface area (Å²) in [4.78, 5) is 13.6. The third-order valence-corrected chi connectivity index (χ3v) is 5.67. The van der Waals surface area contributed by atoms with E-state index < -0.39 is 26.6 Å². The summed E-state index contributed by atoms with van der Waals surface area (Å²) in [6, 6.07) is 14.5. The highest BCUT2D eigenvalue weighted by Gasteiger charge is 2.17. The van der Waals surface area contributed by atoms with Crippen LogP contribution < -0.4 is 4.72 Å². The highest BCUT2D eigenvalue weighted by Crippen LogP contribution is 2.19. The fraction of sp³-hybridized carbons (Fsp3) is 0.0952. The number of aromatic hydroxyl groups is 1. The lowest BCUT2D eigenvalue weighted by atomic mass is 10.1. The molecule has 0 aliphatic carbocycles. The first-order valence-electron chi connectivity index (χ1n) is 8.77. The summed E-state index contributed by atoms with van der Waals surface area (Å²) in [7, 11) is -2.50. The summed E-state index contributed by atoms with van der Waals surface area (Å²) < 4.78 is 53.2. The Morgan fingerprint density at radius 1 is 0.967 bits per heavy atom. The molecule has 0 saturated carbocycles. The first-order chi connectivity index (χ1) is 14.2. The van der Waals surface area contributed by atoms with Gasteiger partial charge in [0.15, 0.2) is 11.6 Å². The minimum Gasteiger partial charge on any atom is -0.508 e. The number of phenolic OH excluding ortho intramolecular Hbond substituents is 1. The second-order valence-corrected chi connectivity index (χ2v) is 8.27. The smallest absolute Gasteiger partial charge is 0.261 e. The van der Waals surface area contributed by atoms with Crippen LogP contribution >= 0.6 is 0 Å². The largest absolute Gasteiger partial charge is 0.508 e. The van der Waals surface area contributed by atoms with Gasteiger partial charge in [-0.3, -0.25) is 9.52 Å². The summed E-state index contributed by atoms with van der Waals surface area (Å²) in [5, 5.41) is 9.32. The molecule has 0 aromatic heterocycles. The number of hydrogen-bond acceptors (Lipinski definition) is 4. The van der Waals surface area contributed by atoms with E-state index in [0.717, 1.165) is 17.7 Å². The van der Waals surface area contributed by atoms with Crippen LogP contribution in [0.3, 0.4) is 0 Å². The summed E-state index contributed by atoms with van der Waals surface area (Å²) >= 11 is 0. The lowest BCUT2D eigenvalue weighted by Crippen LogP contribution is -2.26. The van der Waals surface area contributed by atoms with E-state index in [1.807, 2.05) is 0 Å². The number of hydrogen-bond donors (Lipinski definition) is 2. The van der Waals surface area contributed by atoms with Gasteiger partial charge in [0.2, 0.25) is 0 Å². The van der Waals surface area contributed by atoms with Gasteiger partial charge < -0.3 is 10.0 Å². The molecule has 6 nitrogen and oxygen atoms in total. The molecule has 0 fully saturated rings. The van der Waals surface area contributed by atoms with Gasteiger partial charge in [0, 0.05) is 24.8 Å². The van der Waals surface area contributed by atoms with E-state index in [2.05, 4.69) is 4.72 Å². The van der Waals surface area contributed by atoms with Crippen LogP contribution in [-0.4, -0.2) is 31.4 Å². The molecule has 2 N–H and O–H groups in total. The number of amides is 1. The van der Waals surface area contributed by atoms with Crippen LogP contribution in [0.25, 0.3) is 0 Å². The number of nitrogens with one attached hydrogen (secondary N) is 1.